The van der Waals surface area contributed by atoms with Crippen LogP contribution in [0.3, 0.4) is 0 Å². The third kappa shape index (κ3) is 4.15. The largest absolute Gasteiger partial charge is 0.273 e. The molecule has 6 nitrogen and oxygen atoms in total. The quantitative estimate of drug-likeness (QED) is 0.655. The average Bonchev–Trinajstić information content (AvgIpc) is 2.46. The molecule has 0 fully saturated rings. The Balaban J connectivity index is 2.06. The van der Waals surface area contributed by atoms with Gasteiger partial charge in [0, 0.05) is 16.8 Å². The van der Waals surface area contributed by atoms with Crippen molar-refractivity contribution in [3.63, 3.8) is 0 Å². The fourth-order valence-electron chi connectivity index (χ4n) is 1.37. The number of rotatable bonds is 4. The summed E-state index contributed by atoms with van der Waals surface area (Å²) in [6.07, 6.45) is 1.08. The molecule has 0 saturated carbocycles. The monoisotopic (exact) mass is 345 g/mol. The van der Waals surface area contributed by atoms with Gasteiger partial charge in [-0.3, -0.25) is 10.2 Å². The van der Waals surface area contributed by atoms with Crippen LogP contribution >= 0.6 is 23.2 Å². The highest BCUT2D eigenvalue weighted by Crippen LogP contribution is 2.11. The van der Waals surface area contributed by atoms with Crippen molar-refractivity contribution in [1.82, 2.24) is 15.2 Å². The molecule has 2 rings (SSSR count). The van der Waals surface area contributed by atoms with Gasteiger partial charge >= 0.3 is 0 Å². The number of sulfonamides is 1. The maximum atomic E-state index is 11.9. The highest BCUT2D eigenvalue weighted by atomic mass is 35.5. The van der Waals surface area contributed by atoms with Crippen LogP contribution in [0.4, 0.5) is 0 Å². The molecule has 110 valence electrons. The van der Waals surface area contributed by atoms with Crippen LogP contribution in [0.5, 0.6) is 0 Å². The van der Waals surface area contributed by atoms with E-state index in [2.05, 4.69) is 10.4 Å². The lowest BCUT2D eigenvalue weighted by atomic mass is 10.2. The number of hydrogen-bond donors (Lipinski definition) is 2. The van der Waals surface area contributed by atoms with Gasteiger partial charge in [0.05, 0.1) is 0 Å². The van der Waals surface area contributed by atoms with Gasteiger partial charge in [-0.1, -0.05) is 23.2 Å². The summed E-state index contributed by atoms with van der Waals surface area (Å²) in [5.41, 5.74) is 2.35. The molecule has 1 amide bonds. The lowest BCUT2D eigenvalue weighted by Gasteiger charge is -2.08. The minimum Gasteiger partial charge on any atom is -0.273 e. The van der Waals surface area contributed by atoms with Crippen molar-refractivity contribution in [1.29, 1.82) is 0 Å². The molecule has 9 heteroatoms. The second-order valence-electron chi connectivity index (χ2n) is 3.88. The summed E-state index contributed by atoms with van der Waals surface area (Å²) in [5.74, 6) is -0.614. The number of halogens is 2. The van der Waals surface area contributed by atoms with Gasteiger partial charge in [-0.2, -0.15) is 0 Å². The minimum atomic E-state index is -3.92. The fraction of sp³-hybridized carbons (Fsp3) is 0. The summed E-state index contributed by atoms with van der Waals surface area (Å²) < 4.78 is 23.8. The number of aromatic nitrogens is 1. The van der Waals surface area contributed by atoms with E-state index in [1.54, 1.807) is 0 Å². The van der Waals surface area contributed by atoms with E-state index in [1.807, 2.05) is 4.83 Å². The Morgan fingerprint density at radius 2 is 1.71 bits per heavy atom. The zero-order valence-corrected chi connectivity index (χ0v) is 12.7. The number of nitrogens with one attached hydrogen (secondary N) is 2. The first kappa shape index (κ1) is 15.7. The van der Waals surface area contributed by atoms with Gasteiger partial charge in [-0.25, -0.2) is 13.4 Å². The Morgan fingerprint density at radius 3 is 2.29 bits per heavy atom. The lowest BCUT2D eigenvalue weighted by molar-refractivity contribution is 0.0945. The Kier molecular flexibility index (Phi) is 4.79. The molecule has 0 aliphatic carbocycles. The van der Waals surface area contributed by atoms with Gasteiger partial charge in [0.1, 0.15) is 10.0 Å². The van der Waals surface area contributed by atoms with Crippen molar-refractivity contribution in [3.05, 3.63) is 58.3 Å². The molecule has 0 unspecified atom stereocenters. The Hall–Kier alpha value is -1.67. The summed E-state index contributed by atoms with van der Waals surface area (Å²) in [5, 5.41) is 0.638. The van der Waals surface area contributed by atoms with Crippen LogP contribution in [0.25, 0.3) is 0 Å². The molecular formula is C12H9Cl2N3O3S. The van der Waals surface area contributed by atoms with Crippen LogP contribution in [0.2, 0.25) is 10.2 Å². The van der Waals surface area contributed by atoms with Crippen LogP contribution in [-0.2, 0) is 10.0 Å². The predicted octanol–water partition coefficient (Wildman–Crippen LogP) is 2.01. The number of hydrazine groups is 1. The van der Waals surface area contributed by atoms with Gasteiger partial charge in [0.15, 0.2) is 0 Å². The normalized spacial score (nSPS) is 11.1. The zero-order chi connectivity index (χ0) is 15.5. The molecular weight excluding hydrogens is 337 g/mol. The van der Waals surface area contributed by atoms with Crippen molar-refractivity contribution >= 4 is 39.1 Å². The number of hydrogen-bond acceptors (Lipinski definition) is 4. The van der Waals surface area contributed by atoms with Crippen LogP contribution in [0.15, 0.2) is 47.5 Å². The first-order chi connectivity index (χ1) is 9.88. The second kappa shape index (κ2) is 6.40. The highest BCUT2D eigenvalue weighted by Gasteiger charge is 2.16. The molecule has 2 aromatic rings. The smallest absolute Gasteiger partial charge is 0.266 e. The van der Waals surface area contributed by atoms with Crippen LogP contribution in [0, 0.1) is 0 Å². The van der Waals surface area contributed by atoms with Gasteiger partial charge in [0.25, 0.3) is 15.9 Å². The second-order valence-corrected chi connectivity index (χ2v) is 6.39. The first-order valence-electron chi connectivity index (χ1n) is 5.58. The highest BCUT2D eigenvalue weighted by molar-refractivity contribution is 7.89. The maximum absolute atomic E-state index is 11.9. The third-order valence-electron chi connectivity index (χ3n) is 2.42. The van der Waals surface area contributed by atoms with E-state index >= 15 is 0 Å². The lowest BCUT2D eigenvalue weighted by Crippen LogP contribution is -2.41. The molecule has 1 heterocycles. The number of nitrogens with zero attached hydrogens (tertiary/aromatic N) is 1. The number of pyridine rings is 1. The van der Waals surface area contributed by atoms with Crippen LogP contribution in [0.1, 0.15) is 10.4 Å². The molecule has 2 N–H and O–H groups in total. The van der Waals surface area contributed by atoms with Crippen molar-refractivity contribution in [2.24, 2.45) is 0 Å². The van der Waals surface area contributed by atoms with Crippen molar-refractivity contribution in [3.8, 4) is 0 Å². The summed E-state index contributed by atoms with van der Waals surface area (Å²) in [6, 6.07) is 8.58. The van der Waals surface area contributed by atoms with Crippen LogP contribution in [-0.4, -0.2) is 19.3 Å². The van der Waals surface area contributed by atoms with E-state index in [1.165, 1.54) is 36.4 Å². The zero-order valence-electron chi connectivity index (χ0n) is 10.4. The van der Waals surface area contributed by atoms with Crippen molar-refractivity contribution in [2.45, 2.75) is 4.90 Å². The standard InChI is InChI=1S/C12H9Cl2N3O3S/c13-9-3-1-8(2-4-9)12(18)16-17-21(19,20)10-5-6-11(14)15-7-10/h1-7,17H,(H,16,18). The number of carbonyl (C=O) groups excluding carboxylic acids is 1. The SMILES string of the molecule is O=C(NNS(=O)(=O)c1ccc(Cl)nc1)c1ccc(Cl)cc1. The van der Waals surface area contributed by atoms with Crippen molar-refractivity contribution in [2.75, 3.05) is 0 Å². The van der Waals surface area contributed by atoms with Gasteiger partial charge in [-0.15, -0.1) is 4.83 Å². The maximum Gasteiger partial charge on any atom is 0.266 e. The van der Waals surface area contributed by atoms with E-state index in [-0.39, 0.29) is 15.6 Å². The van der Waals surface area contributed by atoms with E-state index in [0.717, 1.165) is 6.20 Å². The van der Waals surface area contributed by atoms with Gasteiger partial charge < -0.3 is 0 Å². The topological polar surface area (TPSA) is 88.2 Å². The molecule has 0 bridgehead atoms. The Labute approximate surface area is 131 Å². The molecule has 0 radical (unpaired) electrons. The molecule has 1 aromatic heterocycles. The van der Waals surface area contributed by atoms with E-state index in [0.29, 0.717) is 5.02 Å². The van der Waals surface area contributed by atoms with E-state index < -0.39 is 15.9 Å². The first-order valence-corrected chi connectivity index (χ1v) is 7.82. The summed E-state index contributed by atoms with van der Waals surface area (Å²) >= 11 is 11.3. The van der Waals surface area contributed by atoms with Gasteiger partial charge in [-0.05, 0) is 36.4 Å². The summed E-state index contributed by atoms with van der Waals surface area (Å²) in [4.78, 5) is 17.3. The molecule has 0 spiro atoms. The van der Waals surface area contributed by atoms with Gasteiger partial charge in [0.2, 0.25) is 0 Å². The molecule has 0 saturated heterocycles. The van der Waals surface area contributed by atoms with Crippen LogP contribution < -0.4 is 10.3 Å². The van der Waals surface area contributed by atoms with Crippen molar-refractivity contribution < 1.29 is 13.2 Å². The predicted molar refractivity (Wildman–Crippen MR) is 78.5 cm³/mol. The van der Waals surface area contributed by atoms with E-state index in [9.17, 15) is 13.2 Å². The third-order valence-corrected chi connectivity index (χ3v) is 4.12. The fourth-order valence-corrected chi connectivity index (χ4v) is 2.39. The Bertz CT molecular complexity index is 746. The minimum absolute atomic E-state index is 0.122. The number of amides is 1. The Morgan fingerprint density at radius 1 is 1.05 bits per heavy atom. The molecule has 0 aliphatic rings. The molecule has 1 aromatic carbocycles. The number of carbonyl (C=O) groups is 1. The number of benzene rings is 1. The van der Waals surface area contributed by atoms with E-state index in [4.69, 9.17) is 23.2 Å². The molecule has 0 aliphatic heterocycles. The summed E-state index contributed by atoms with van der Waals surface area (Å²) in [7, 11) is -3.92. The average molecular weight is 346 g/mol. The molecule has 21 heavy (non-hydrogen) atoms. The molecule has 0 atom stereocenters. The summed E-state index contributed by atoms with van der Waals surface area (Å²) in [6.45, 7) is 0.